The van der Waals surface area contributed by atoms with Crippen LogP contribution in [0.5, 0.6) is 0 Å². The summed E-state index contributed by atoms with van der Waals surface area (Å²) in [6.07, 6.45) is 6.13. The fourth-order valence-electron chi connectivity index (χ4n) is 1.48. The van der Waals surface area contributed by atoms with Crippen LogP contribution in [0.15, 0.2) is 0 Å². The van der Waals surface area contributed by atoms with E-state index in [1.807, 2.05) is 0 Å². The Kier molecular flexibility index (Phi) is 2.86. The molecule has 1 aliphatic rings. The first kappa shape index (κ1) is 8.21. The van der Waals surface area contributed by atoms with Crippen LogP contribution in [0, 0.1) is 0 Å². The molecule has 3 atom stereocenters. The van der Waals surface area contributed by atoms with E-state index in [0.29, 0.717) is 11.3 Å². The van der Waals surface area contributed by atoms with E-state index in [4.69, 9.17) is 5.73 Å². The van der Waals surface area contributed by atoms with Crippen LogP contribution in [-0.2, 0) is 10.8 Å². The molecule has 1 saturated carbocycles. The Labute approximate surface area is 64.6 Å². The summed E-state index contributed by atoms with van der Waals surface area (Å²) in [5.74, 6) is 0. The summed E-state index contributed by atoms with van der Waals surface area (Å²) in [5.41, 5.74) is 5.73. The molecule has 60 valence electrons. The van der Waals surface area contributed by atoms with Crippen molar-refractivity contribution in [3.05, 3.63) is 0 Å². The van der Waals surface area contributed by atoms with Crippen molar-refractivity contribution in [3.8, 4) is 0 Å². The molecule has 0 spiro atoms. The highest BCUT2D eigenvalue weighted by molar-refractivity contribution is 7.84. The molecule has 0 aromatic rings. The lowest BCUT2D eigenvalue weighted by Gasteiger charge is -2.24. The first-order valence-corrected chi connectivity index (χ1v) is 5.40. The summed E-state index contributed by atoms with van der Waals surface area (Å²) in [6, 6.07) is 0.308. The molecule has 0 aromatic carbocycles. The molecule has 2 nitrogen and oxygen atoms in total. The van der Waals surface area contributed by atoms with Crippen molar-refractivity contribution in [2.24, 2.45) is 5.73 Å². The Hall–Kier alpha value is 0.110. The lowest BCUT2D eigenvalue weighted by Crippen LogP contribution is -2.32. The van der Waals surface area contributed by atoms with Crippen LogP contribution in [0.3, 0.4) is 0 Å². The average Bonchev–Trinajstić information content (AvgIpc) is 1.88. The van der Waals surface area contributed by atoms with Crippen molar-refractivity contribution in [2.45, 2.75) is 37.0 Å². The topological polar surface area (TPSA) is 43.1 Å². The smallest absolute Gasteiger partial charge is 0.0359 e. The molecule has 3 heteroatoms. The molecule has 0 amide bonds. The van der Waals surface area contributed by atoms with Crippen molar-refractivity contribution in [1.29, 1.82) is 0 Å². The number of nitrogens with two attached hydrogens (primary N) is 1. The molecule has 1 fully saturated rings. The zero-order chi connectivity index (χ0) is 7.56. The largest absolute Gasteiger partial charge is 0.328 e. The SMILES string of the molecule is C[S@@](=O)[C@@H]1CCC[C@H](N)C1. The molecule has 0 aromatic heterocycles. The normalized spacial score (nSPS) is 37.4. The van der Waals surface area contributed by atoms with Gasteiger partial charge in [0, 0.05) is 28.3 Å². The first-order valence-electron chi connectivity index (χ1n) is 3.78. The van der Waals surface area contributed by atoms with Crippen LogP contribution >= 0.6 is 0 Å². The van der Waals surface area contributed by atoms with Gasteiger partial charge in [-0.15, -0.1) is 0 Å². The maximum atomic E-state index is 11.0. The molecule has 0 heterocycles. The predicted molar refractivity (Wildman–Crippen MR) is 44.3 cm³/mol. The molecule has 0 bridgehead atoms. The fraction of sp³-hybridized carbons (Fsp3) is 1.00. The third kappa shape index (κ3) is 2.06. The van der Waals surface area contributed by atoms with Crippen LogP contribution < -0.4 is 5.73 Å². The minimum absolute atomic E-state index is 0.308. The Morgan fingerprint density at radius 1 is 1.50 bits per heavy atom. The van der Waals surface area contributed by atoms with Crippen LogP contribution in [0.1, 0.15) is 25.7 Å². The van der Waals surface area contributed by atoms with Gasteiger partial charge < -0.3 is 5.73 Å². The minimum Gasteiger partial charge on any atom is -0.328 e. The number of hydrogen-bond acceptors (Lipinski definition) is 2. The van der Waals surface area contributed by atoms with Crippen LogP contribution in [0.25, 0.3) is 0 Å². The second-order valence-electron chi connectivity index (χ2n) is 3.05. The van der Waals surface area contributed by atoms with Crippen molar-refractivity contribution in [1.82, 2.24) is 0 Å². The van der Waals surface area contributed by atoms with Gasteiger partial charge in [-0.2, -0.15) is 0 Å². The highest BCUT2D eigenvalue weighted by Gasteiger charge is 2.21. The monoisotopic (exact) mass is 161 g/mol. The molecule has 1 aliphatic carbocycles. The van der Waals surface area contributed by atoms with Gasteiger partial charge in [-0.25, -0.2) is 0 Å². The van der Waals surface area contributed by atoms with E-state index >= 15 is 0 Å². The molecule has 0 saturated heterocycles. The Balaban J connectivity index is 2.39. The van der Waals surface area contributed by atoms with Crippen molar-refractivity contribution >= 4 is 10.8 Å². The van der Waals surface area contributed by atoms with Gasteiger partial charge in [-0.3, -0.25) is 4.21 Å². The van der Waals surface area contributed by atoms with Crippen LogP contribution in [0.2, 0.25) is 0 Å². The first-order chi connectivity index (χ1) is 4.70. The third-order valence-corrected chi connectivity index (χ3v) is 3.50. The van der Waals surface area contributed by atoms with E-state index in [2.05, 4.69) is 0 Å². The third-order valence-electron chi connectivity index (χ3n) is 2.14. The Morgan fingerprint density at radius 2 is 2.20 bits per heavy atom. The molecular weight excluding hydrogens is 146 g/mol. The van der Waals surface area contributed by atoms with Crippen molar-refractivity contribution in [3.63, 3.8) is 0 Å². The molecular formula is C7H15NOS. The molecule has 10 heavy (non-hydrogen) atoms. The van der Waals surface area contributed by atoms with Gasteiger partial charge in [0.25, 0.3) is 0 Å². The maximum Gasteiger partial charge on any atom is 0.0359 e. The van der Waals surface area contributed by atoms with E-state index in [9.17, 15) is 4.21 Å². The average molecular weight is 161 g/mol. The lowest BCUT2D eigenvalue weighted by molar-refractivity contribution is 0.445. The summed E-state index contributed by atoms with van der Waals surface area (Å²) in [7, 11) is -0.653. The number of rotatable bonds is 1. The lowest BCUT2D eigenvalue weighted by atomic mass is 9.96. The van der Waals surface area contributed by atoms with E-state index in [0.717, 1.165) is 25.7 Å². The zero-order valence-corrected chi connectivity index (χ0v) is 7.19. The predicted octanol–water partition coefficient (Wildman–Crippen LogP) is 0.635. The van der Waals surface area contributed by atoms with Crippen LogP contribution in [-0.4, -0.2) is 21.8 Å². The van der Waals surface area contributed by atoms with Gasteiger partial charge in [-0.05, 0) is 19.3 Å². The minimum atomic E-state index is -0.653. The highest BCUT2D eigenvalue weighted by atomic mass is 32.2. The van der Waals surface area contributed by atoms with Gasteiger partial charge >= 0.3 is 0 Å². The van der Waals surface area contributed by atoms with Crippen molar-refractivity contribution < 1.29 is 4.21 Å². The molecule has 0 aliphatic heterocycles. The second-order valence-corrected chi connectivity index (χ2v) is 4.71. The zero-order valence-electron chi connectivity index (χ0n) is 6.38. The van der Waals surface area contributed by atoms with Gasteiger partial charge in [0.15, 0.2) is 0 Å². The molecule has 0 unspecified atom stereocenters. The van der Waals surface area contributed by atoms with E-state index in [1.165, 1.54) is 0 Å². The second kappa shape index (κ2) is 3.49. The van der Waals surface area contributed by atoms with Gasteiger partial charge in [-0.1, -0.05) is 6.42 Å². The van der Waals surface area contributed by atoms with E-state index in [1.54, 1.807) is 6.26 Å². The fourth-order valence-corrected chi connectivity index (χ4v) is 2.50. The summed E-state index contributed by atoms with van der Waals surface area (Å²) >= 11 is 0. The van der Waals surface area contributed by atoms with Crippen molar-refractivity contribution in [2.75, 3.05) is 6.26 Å². The Bertz CT molecular complexity index is 138. The summed E-state index contributed by atoms with van der Waals surface area (Å²) < 4.78 is 11.0. The Morgan fingerprint density at radius 3 is 2.60 bits per heavy atom. The molecule has 0 radical (unpaired) electrons. The van der Waals surface area contributed by atoms with Gasteiger partial charge in [0.05, 0.1) is 0 Å². The highest BCUT2D eigenvalue weighted by Crippen LogP contribution is 2.20. The van der Waals surface area contributed by atoms with Gasteiger partial charge in [0.1, 0.15) is 0 Å². The standard InChI is InChI=1S/C7H15NOS/c1-10(9)7-4-2-3-6(8)5-7/h6-7H,2-5,8H2,1H3/t6-,7+,10+/m0/s1. The molecule has 1 rings (SSSR count). The summed E-state index contributed by atoms with van der Waals surface area (Å²) in [5, 5.41) is 0.378. The number of hydrogen-bond donors (Lipinski definition) is 1. The summed E-state index contributed by atoms with van der Waals surface area (Å²) in [6.45, 7) is 0. The maximum absolute atomic E-state index is 11.0. The van der Waals surface area contributed by atoms with Crippen LogP contribution in [0.4, 0.5) is 0 Å². The quantitative estimate of drug-likeness (QED) is 0.613. The molecule has 2 N–H and O–H groups in total. The van der Waals surface area contributed by atoms with Gasteiger partial charge in [0.2, 0.25) is 0 Å². The summed E-state index contributed by atoms with van der Waals surface area (Å²) in [4.78, 5) is 0. The van der Waals surface area contributed by atoms with E-state index in [-0.39, 0.29) is 0 Å². The van der Waals surface area contributed by atoms with E-state index < -0.39 is 10.8 Å².